The van der Waals surface area contributed by atoms with Crippen molar-refractivity contribution in [3.05, 3.63) is 99.5 Å². The number of carbonyl (C=O) groups excluding carboxylic acids is 1. The second kappa shape index (κ2) is 8.99. The van der Waals surface area contributed by atoms with E-state index in [9.17, 15) is 13.2 Å². The summed E-state index contributed by atoms with van der Waals surface area (Å²) in [6, 6.07) is 20.2. The van der Waals surface area contributed by atoms with E-state index in [1.807, 2.05) is 6.07 Å². The van der Waals surface area contributed by atoms with Crippen LogP contribution in [0.3, 0.4) is 0 Å². The summed E-state index contributed by atoms with van der Waals surface area (Å²) in [5, 5.41) is 0.865. The van der Waals surface area contributed by atoms with E-state index in [1.54, 1.807) is 73.8 Å². The van der Waals surface area contributed by atoms with Crippen LogP contribution in [0.25, 0.3) is 0 Å². The minimum Gasteiger partial charge on any atom is -0.337 e. The lowest BCUT2D eigenvalue weighted by molar-refractivity contribution is 0.0785. The molecule has 0 aliphatic rings. The molecular formula is C22H19Cl2NO3S. The van der Waals surface area contributed by atoms with Crippen LogP contribution in [0.5, 0.6) is 0 Å². The van der Waals surface area contributed by atoms with E-state index in [0.717, 1.165) is 5.56 Å². The first kappa shape index (κ1) is 21.4. The van der Waals surface area contributed by atoms with Crippen molar-refractivity contribution >= 4 is 38.9 Å². The van der Waals surface area contributed by atoms with Crippen molar-refractivity contribution in [2.75, 3.05) is 7.05 Å². The third-order valence-electron chi connectivity index (χ3n) is 4.45. The van der Waals surface area contributed by atoms with E-state index in [4.69, 9.17) is 23.2 Å². The van der Waals surface area contributed by atoms with Crippen LogP contribution >= 0.6 is 23.2 Å². The van der Waals surface area contributed by atoms with Gasteiger partial charge in [-0.05, 0) is 41.5 Å². The number of benzene rings is 3. The van der Waals surface area contributed by atoms with Crippen molar-refractivity contribution in [1.82, 2.24) is 4.90 Å². The molecule has 0 heterocycles. The molecular weight excluding hydrogens is 429 g/mol. The number of halogens is 2. The van der Waals surface area contributed by atoms with Gasteiger partial charge in [-0.1, -0.05) is 65.7 Å². The second-order valence-electron chi connectivity index (χ2n) is 6.64. The first-order chi connectivity index (χ1) is 13.8. The molecule has 0 atom stereocenters. The maximum Gasteiger partial charge on any atom is 0.253 e. The summed E-state index contributed by atoms with van der Waals surface area (Å²) >= 11 is 12.2. The molecule has 0 unspecified atom stereocenters. The van der Waals surface area contributed by atoms with Crippen molar-refractivity contribution in [2.24, 2.45) is 0 Å². The average molecular weight is 448 g/mol. The van der Waals surface area contributed by atoms with Gasteiger partial charge in [0, 0.05) is 19.2 Å². The van der Waals surface area contributed by atoms with Crippen molar-refractivity contribution in [1.29, 1.82) is 0 Å². The van der Waals surface area contributed by atoms with Gasteiger partial charge in [0.05, 0.1) is 20.7 Å². The Labute approximate surface area is 180 Å². The Balaban J connectivity index is 1.71. The summed E-state index contributed by atoms with van der Waals surface area (Å²) in [5.41, 5.74) is 1.83. The molecule has 1 amide bonds. The monoisotopic (exact) mass is 447 g/mol. The highest BCUT2D eigenvalue weighted by Gasteiger charge is 2.17. The molecule has 0 saturated carbocycles. The smallest absolute Gasteiger partial charge is 0.253 e. The fraction of sp³-hybridized carbons (Fsp3) is 0.136. The van der Waals surface area contributed by atoms with E-state index < -0.39 is 9.84 Å². The van der Waals surface area contributed by atoms with Gasteiger partial charge in [-0.3, -0.25) is 4.79 Å². The maximum atomic E-state index is 12.7. The third kappa shape index (κ3) is 5.18. The lowest BCUT2D eigenvalue weighted by Crippen LogP contribution is -2.26. The Morgan fingerprint density at radius 3 is 2.21 bits per heavy atom. The van der Waals surface area contributed by atoms with Crippen LogP contribution < -0.4 is 0 Å². The molecule has 3 aromatic rings. The molecule has 0 N–H and O–H groups in total. The van der Waals surface area contributed by atoms with E-state index >= 15 is 0 Å². The van der Waals surface area contributed by atoms with Crippen LogP contribution in [0, 0.1) is 0 Å². The molecule has 0 radical (unpaired) electrons. The van der Waals surface area contributed by atoms with Gasteiger partial charge in [-0.25, -0.2) is 8.42 Å². The fourth-order valence-electron chi connectivity index (χ4n) is 2.89. The minimum absolute atomic E-state index is 0.126. The highest BCUT2D eigenvalue weighted by Crippen LogP contribution is 2.26. The Kier molecular flexibility index (Phi) is 6.63. The standard InChI is InChI=1S/C22H19Cl2NO3S/c1-25(14-18-6-5-9-20(23)21(18)24)22(26)17-12-10-16(11-13-17)15-29(27,28)19-7-3-2-4-8-19/h2-13H,14-15H2,1H3. The van der Waals surface area contributed by atoms with Gasteiger partial charge in [0.25, 0.3) is 5.91 Å². The van der Waals surface area contributed by atoms with Gasteiger partial charge in [0.2, 0.25) is 0 Å². The normalized spacial score (nSPS) is 11.3. The fourth-order valence-corrected chi connectivity index (χ4v) is 4.64. The lowest BCUT2D eigenvalue weighted by Gasteiger charge is -2.18. The summed E-state index contributed by atoms with van der Waals surface area (Å²) in [6.45, 7) is 0.308. The Hall–Kier alpha value is -2.34. The van der Waals surface area contributed by atoms with Crippen molar-refractivity contribution < 1.29 is 13.2 Å². The molecule has 0 aromatic heterocycles. The zero-order chi connectivity index (χ0) is 21.0. The van der Waals surface area contributed by atoms with Gasteiger partial charge in [0.15, 0.2) is 9.84 Å². The quantitative estimate of drug-likeness (QED) is 0.518. The summed E-state index contributed by atoms with van der Waals surface area (Å²) in [5.74, 6) is -0.321. The summed E-state index contributed by atoms with van der Waals surface area (Å²) in [7, 11) is -1.76. The molecule has 0 spiro atoms. The zero-order valence-corrected chi connectivity index (χ0v) is 18.0. The van der Waals surface area contributed by atoms with E-state index in [0.29, 0.717) is 27.7 Å². The molecule has 0 fully saturated rings. The Morgan fingerprint density at radius 1 is 0.897 bits per heavy atom. The molecule has 29 heavy (non-hydrogen) atoms. The van der Waals surface area contributed by atoms with Crippen LogP contribution in [0.15, 0.2) is 77.7 Å². The maximum absolute atomic E-state index is 12.7. The summed E-state index contributed by atoms with van der Waals surface area (Å²) < 4.78 is 25.0. The molecule has 0 bridgehead atoms. The molecule has 150 valence electrons. The molecule has 0 aliphatic carbocycles. The predicted octanol–water partition coefficient (Wildman–Crippen LogP) is 5.24. The molecule has 3 rings (SSSR count). The van der Waals surface area contributed by atoms with Crippen LogP contribution in [0.1, 0.15) is 21.5 Å². The van der Waals surface area contributed by atoms with E-state index in [1.165, 1.54) is 4.90 Å². The predicted molar refractivity (Wildman–Crippen MR) is 116 cm³/mol. The number of rotatable bonds is 6. The van der Waals surface area contributed by atoms with Crippen molar-refractivity contribution in [3.63, 3.8) is 0 Å². The number of carbonyl (C=O) groups is 1. The average Bonchev–Trinajstić information content (AvgIpc) is 2.72. The van der Waals surface area contributed by atoms with Crippen molar-refractivity contribution in [3.8, 4) is 0 Å². The van der Waals surface area contributed by atoms with Gasteiger partial charge < -0.3 is 4.90 Å². The number of hydrogen-bond donors (Lipinski definition) is 0. The first-order valence-corrected chi connectivity index (χ1v) is 11.2. The second-order valence-corrected chi connectivity index (χ2v) is 9.42. The van der Waals surface area contributed by atoms with Crippen LogP contribution in [0.2, 0.25) is 10.0 Å². The highest BCUT2D eigenvalue weighted by molar-refractivity contribution is 7.90. The van der Waals surface area contributed by atoms with Crippen LogP contribution in [0.4, 0.5) is 0 Å². The van der Waals surface area contributed by atoms with Crippen molar-refractivity contribution in [2.45, 2.75) is 17.2 Å². The van der Waals surface area contributed by atoms with Crippen LogP contribution in [-0.2, 0) is 22.1 Å². The Bertz CT molecular complexity index is 1110. The minimum atomic E-state index is -3.43. The first-order valence-electron chi connectivity index (χ1n) is 8.83. The highest BCUT2D eigenvalue weighted by atomic mass is 35.5. The largest absolute Gasteiger partial charge is 0.337 e. The molecule has 0 saturated heterocycles. The lowest BCUT2D eigenvalue weighted by atomic mass is 10.1. The van der Waals surface area contributed by atoms with E-state index in [-0.39, 0.29) is 16.6 Å². The van der Waals surface area contributed by atoms with E-state index in [2.05, 4.69) is 0 Å². The van der Waals surface area contributed by atoms with Gasteiger partial charge in [0.1, 0.15) is 0 Å². The van der Waals surface area contributed by atoms with Gasteiger partial charge >= 0.3 is 0 Å². The Morgan fingerprint density at radius 2 is 1.55 bits per heavy atom. The van der Waals surface area contributed by atoms with Gasteiger partial charge in [-0.2, -0.15) is 0 Å². The zero-order valence-electron chi connectivity index (χ0n) is 15.7. The number of nitrogens with zero attached hydrogens (tertiary/aromatic N) is 1. The number of sulfone groups is 1. The van der Waals surface area contributed by atoms with Crippen LogP contribution in [-0.4, -0.2) is 26.3 Å². The number of amides is 1. The molecule has 4 nitrogen and oxygen atoms in total. The molecule has 7 heteroatoms. The third-order valence-corrected chi connectivity index (χ3v) is 7.01. The number of hydrogen-bond acceptors (Lipinski definition) is 3. The summed E-state index contributed by atoms with van der Waals surface area (Å²) in [4.78, 5) is 14.5. The SMILES string of the molecule is CN(Cc1cccc(Cl)c1Cl)C(=O)c1ccc(CS(=O)(=O)c2ccccc2)cc1. The summed E-state index contributed by atoms with van der Waals surface area (Å²) in [6.07, 6.45) is 0. The molecule has 3 aromatic carbocycles. The molecule has 0 aliphatic heterocycles. The van der Waals surface area contributed by atoms with Gasteiger partial charge in [-0.15, -0.1) is 0 Å². The topological polar surface area (TPSA) is 54.5 Å².